The van der Waals surface area contributed by atoms with Gasteiger partial charge in [0.1, 0.15) is 0 Å². The van der Waals surface area contributed by atoms with Gasteiger partial charge in [0.05, 0.1) is 12.7 Å². The number of carbonyl (C=O) groups excluding carboxylic acids is 1. The van der Waals surface area contributed by atoms with Crippen LogP contribution in [0.4, 0.5) is 0 Å². The van der Waals surface area contributed by atoms with E-state index in [1.54, 1.807) is 0 Å². The van der Waals surface area contributed by atoms with E-state index in [1.807, 2.05) is 23.1 Å². The summed E-state index contributed by atoms with van der Waals surface area (Å²) in [5.41, 5.74) is 9.20. The largest absolute Gasteiger partial charge is 0.374 e. The Hall–Kier alpha value is -2.17. The normalized spacial score (nSPS) is 17.5. The van der Waals surface area contributed by atoms with Crippen molar-refractivity contribution in [2.24, 2.45) is 5.73 Å². The summed E-state index contributed by atoms with van der Waals surface area (Å²) in [4.78, 5) is 14.4. The van der Waals surface area contributed by atoms with Gasteiger partial charge in [-0.3, -0.25) is 4.79 Å². The molecule has 2 aromatic carbocycles. The van der Waals surface area contributed by atoms with Crippen molar-refractivity contribution in [2.45, 2.75) is 25.4 Å². The highest BCUT2D eigenvalue weighted by Gasteiger charge is 2.23. The van der Waals surface area contributed by atoms with E-state index >= 15 is 0 Å². The lowest BCUT2D eigenvalue weighted by atomic mass is 10.0. The van der Waals surface area contributed by atoms with Gasteiger partial charge < -0.3 is 15.4 Å². The number of aryl methyl sites for hydroxylation is 1. The molecule has 1 saturated heterocycles. The Labute approximate surface area is 149 Å². The van der Waals surface area contributed by atoms with Crippen LogP contribution in [0.2, 0.25) is 0 Å². The van der Waals surface area contributed by atoms with Crippen LogP contribution < -0.4 is 5.73 Å². The summed E-state index contributed by atoms with van der Waals surface area (Å²) in [5.74, 6) is 0.206. The lowest BCUT2D eigenvalue weighted by molar-refractivity contribution is -0.138. The Morgan fingerprint density at radius 1 is 1.08 bits per heavy atom. The fraction of sp³-hybridized carbons (Fsp3) is 0.381. The second-order valence-corrected chi connectivity index (χ2v) is 6.47. The molecule has 0 aliphatic carbocycles. The van der Waals surface area contributed by atoms with Gasteiger partial charge in [-0.1, -0.05) is 54.6 Å². The number of hydrogen-bond acceptors (Lipinski definition) is 3. The van der Waals surface area contributed by atoms with Crippen molar-refractivity contribution in [2.75, 3.05) is 26.2 Å². The average molecular weight is 338 g/mol. The topological polar surface area (TPSA) is 55.6 Å². The highest BCUT2D eigenvalue weighted by Crippen LogP contribution is 2.20. The molecule has 1 aliphatic rings. The summed E-state index contributed by atoms with van der Waals surface area (Å²) in [7, 11) is 0. The van der Waals surface area contributed by atoms with Gasteiger partial charge in [-0.2, -0.15) is 0 Å². The van der Waals surface area contributed by atoms with E-state index in [-0.39, 0.29) is 12.0 Å². The monoisotopic (exact) mass is 338 g/mol. The third kappa shape index (κ3) is 4.91. The smallest absolute Gasteiger partial charge is 0.223 e. The minimum absolute atomic E-state index is 0.0906. The maximum Gasteiger partial charge on any atom is 0.223 e. The zero-order chi connectivity index (χ0) is 17.5. The Morgan fingerprint density at radius 3 is 2.52 bits per heavy atom. The van der Waals surface area contributed by atoms with E-state index in [0.29, 0.717) is 32.7 Å². The lowest BCUT2D eigenvalue weighted by Gasteiger charge is -2.33. The number of carbonyl (C=O) groups is 1. The Kier molecular flexibility index (Phi) is 6.20. The van der Waals surface area contributed by atoms with Gasteiger partial charge in [0, 0.05) is 19.5 Å². The van der Waals surface area contributed by atoms with Crippen molar-refractivity contribution in [1.29, 1.82) is 0 Å². The predicted octanol–water partition coefficient (Wildman–Crippen LogP) is 2.86. The molecular formula is C21H26N2O2. The molecule has 4 nitrogen and oxygen atoms in total. The summed E-state index contributed by atoms with van der Waals surface area (Å²) in [6.07, 6.45) is 2.21. The van der Waals surface area contributed by atoms with Crippen molar-refractivity contribution in [3.8, 4) is 11.1 Å². The third-order valence-corrected chi connectivity index (χ3v) is 4.67. The van der Waals surface area contributed by atoms with Crippen LogP contribution in [0.25, 0.3) is 11.1 Å². The summed E-state index contributed by atoms with van der Waals surface area (Å²) in [6, 6.07) is 18.8. The molecule has 0 spiro atoms. The van der Waals surface area contributed by atoms with Crippen LogP contribution in [-0.4, -0.2) is 43.2 Å². The molecule has 132 valence electrons. The van der Waals surface area contributed by atoms with E-state index in [9.17, 15) is 4.79 Å². The molecule has 1 amide bonds. The Balaban J connectivity index is 1.52. The van der Waals surface area contributed by atoms with Crippen molar-refractivity contribution in [3.05, 3.63) is 60.2 Å². The van der Waals surface area contributed by atoms with Crippen molar-refractivity contribution in [3.63, 3.8) is 0 Å². The fourth-order valence-corrected chi connectivity index (χ4v) is 3.21. The van der Waals surface area contributed by atoms with Crippen LogP contribution in [-0.2, 0) is 16.0 Å². The van der Waals surface area contributed by atoms with Crippen LogP contribution >= 0.6 is 0 Å². The molecule has 25 heavy (non-hydrogen) atoms. The molecule has 3 rings (SSSR count). The molecule has 0 saturated carbocycles. The van der Waals surface area contributed by atoms with Gasteiger partial charge in [0.15, 0.2) is 0 Å². The molecule has 0 radical (unpaired) electrons. The van der Waals surface area contributed by atoms with Crippen molar-refractivity contribution < 1.29 is 9.53 Å². The summed E-state index contributed by atoms with van der Waals surface area (Å²) >= 11 is 0. The van der Waals surface area contributed by atoms with E-state index in [2.05, 4.69) is 36.4 Å². The van der Waals surface area contributed by atoms with E-state index in [1.165, 1.54) is 16.7 Å². The molecule has 1 atom stereocenters. The standard InChI is InChI=1S/C21H26N2O2/c22-13-12-20-16-23(14-15-25-20)21(24)11-8-17-6-9-19(10-7-17)18-4-2-1-3-5-18/h1-7,9-10,20H,8,11-16,22H2/t20-/m0/s1. The molecule has 2 aromatic rings. The summed E-state index contributed by atoms with van der Waals surface area (Å²) < 4.78 is 5.64. The van der Waals surface area contributed by atoms with E-state index in [4.69, 9.17) is 10.5 Å². The molecule has 1 heterocycles. The summed E-state index contributed by atoms with van der Waals surface area (Å²) in [5, 5.41) is 0. The van der Waals surface area contributed by atoms with Gasteiger partial charge in [-0.15, -0.1) is 0 Å². The maximum absolute atomic E-state index is 12.4. The molecule has 0 bridgehead atoms. The predicted molar refractivity (Wildman–Crippen MR) is 100 cm³/mol. The van der Waals surface area contributed by atoms with Gasteiger partial charge >= 0.3 is 0 Å². The first-order chi connectivity index (χ1) is 12.3. The van der Waals surface area contributed by atoms with Crippen molar-refractivity contribution in [1.82, 2.24) is 4.90 Å². The Morgan fingerprint density at radius 2 is 1.80 bits per heavy atom. The molecule has 0 aromatic heterocycles. The zero-order valence-corrected chi connectivity index (χ0v) is 14.6. The third-order valence-electron chi connectivity index (χ3n) is 4.67. The number of benzene rings is 2. The number of morpholine rings is 1. The molecular weight excluding hydrogens is 312 g/mol. The fourth-order valence-electron chi connectivity index (χ4n) is 3.21. The number of ether oxygens (including phenoxy) is 1. The van der Waals surface area contributed by atoms with Crippen LogP contribution in [0, 0.1) is 0 Å². The Bertz CT molecular complexity index is 668. The number of nitrogens with two attached hydrogens (primary N) is 1. The molecule has 4 heteroatoms. The first-order valence-electron chi connectivity index (χ1n) is 9.00. The first-order valence-corrected chi connectivity index (χ1v) is 9.00. The maximum atomic E-state index is 12.4. The number of amides is 1. The number of rotatable bonds is 6. The van der Waals surface area contributed by atoms with Crippen molar-refractivity contribution >= 4 is 5.91 Å². The lowest BCUT2D eigenvalue weighted by Crippen LogP contribution is -2.46. The van der Waals surface area contributed by atoms with Gasteiger partial charge in [-0.05, 0) is 36.1 Å². The van der Waals surface area contributed by atoms with Gasteiger partial charge in [0.2, 0.25) is 5.91 Å². The summed E-state index contributed by atoms with van der Waals surface area (Å²) in [6.45, 7) is 2.57. The van der Waals surface area contributed by atoms with Crippen LogP contribution in [0.5, 0.6) is 0 Å². The number of nitrogens with zero attached hydrogens (tertiary/aromatic N) is 1. The number of hydrogen-bond donors (Lipinski definition) is 1. The van der Waals surface area contributed by atoms with Crippen LogP contribution in [0.1, 0.15) is 18.4 Å². The van der Waals surface area contributed by atoms with Gasteiger partial charge in [0.25, 0.3) is 0 Å². The quantitative estimate of drug-likeness (QED) is 0.881. The SMILES string of the molecule is NCC[C@H]1CN(C(=O)CCc2ccc(-c3ccccc3)cc2)CCO1. The highest BCUT2D eigenvalue weighted by atomic mass is 16.5. The molecule has 1 fully saturated rings. The average Bonchev–Trinajstić information content (AvgIpc) is 2.68. The molecule has 1 aliphatic heterocycles. The van der Waals surface area contributed by atoms with Gasteiger partial charge in [-0.25, -0.2) is 0 Å². The van der Waals surface area contributed by atoms with E-state index < -0.39 is 0 Å². The highest BCUT2D eigenvalue weighted by molar-refractivity contribution is 5.76. The molecule has 0 unspecified atom stereocenters. The van der Waals surface area contributed by atoms with Crippen LogP contribution in [0.3, 0.4) is 0 Å². The minimum Gasteiger partial charge on any atom is -0.374 e. The first kappa shape index (κ1) is 17.6. The second-order valence-electron chi connectivity index (χ2n) is 6.47. The van der Waals surface area contributed by atoms with Crippen LogP contribution in [0.15, 0.2) is 54.6 Å². The molecule has 2 N–H and O–H groups in total. The second kappa shape index (κ2) is 8.79. The minimum atomic E-state index is 0.0906. The van der Waals surface area contributed by atoms with E-state index in [0.717, 1.165) is 12.8 Å². The zero-order valence-electron chi connectivity index (χ0n) is 14.6.